The zero-order chi connectivity index (χ0) is 40.0. The van der Waals surface area contributed by atoms with Gasteiger partial charge in [-0.3, -0.25) is 0 Å². The summed E-state index contributed by atoms with van der Waals surface area (Å²) in [6.07, 6.45) is 0. The number of benzene rings is 10. The summed E-state index contributed by atoms with van der Waals surface area (Å²) >= 11 is 0. The van der Waals surface area contributed by atoms with Crippen molar-refractivity contribution in [2.75, 3.05) is 0 Å². The molecule has 0 atom stereocenters. The normalized spacial score (nSPS) is 11.9. The summed E-state index contributed by atoms with van der Waals surface area (Å²) in [7, 11) is 0. The number of fused-ring (bicyclic) bond motifs is 9. The first-order valence-electron chi connectivity index (χ1n) is 20.8. The van der Waals surface area contributed by atoms with Crippen molar-refractivity contribution in [3.63, 3.8) is 0 Å². The molecule has 0 N–H and O–H groups in total. The molecule has 3 heterocycles. The maximum Gasteiger partial charge on any atom is 0.143 e. The number of para-hydroxylation sites is 3. The van der Waals surface area contributed by atoms with Gasteiger partial charge in [0.05, 0.1) is 11.0 Å². The highest BCUT2D eigenvalue weighted by atomic mass is 16.3. The summed E-state index contributed by atoms with van der Waals surface area (Å²) in [6, 6.07) is 76.0. The van der Waals surface area contributed by atoms with Gasteiger partial charge in [0.2, 0.25) is 0 Å². The molecule has 0 fully saturated rings. The minimum Gasteiger partial charge on any atom is -0.455 e. The Bertz CT molecular complexity index is 3800. The van der Waals surface area contributed by atoms with Crippen LogP contribution in [0.3, 0.4) is 0 Å². The smallest absolute Gasteiger partial charge is 0.143 e. The van der Waals surface area contributed by atoms with Crippen LogP contribution in [0.15, 0.2) is 221 Å². The van der Waals surface area contributed by atoms with Gasteiger partial charge in [-0.1, -0.05) is 176 Å². The molecule has 3 nitrogen and oxygen atoms in total. The first-order chi connectivity index (χ1) is 30.3. The maximum atomic E-state index is 6.99. The van der Waals surface area contributed by atoms with Crippen LogP contribution >= 0.6 is 0 Å². The standard InChI is InChI=1S/C58H35NO2/c1-4-17-36(18-5-1)55-49-34-48-46-28-16-29-47(58(46)61-52(48)35-53(49)60-57(55)37-19-6-2-7-20-37)56-44-26-12-10-24-42(44)54(43-25-11-13-27-45(43)56)38-31-32-41-40-23-14-15-30-50(40)59(51(41)33-38)39-21-8-3-9-22-39/h1-35H. The van der Waals surface area contributed by atoms with Crippen molar-refractivity contribution in [3.8, 4) is 50.4 Å². The SMILES string of the molecule is c1ccc(-c2oc3cc4oc5c(-c6c7ccccc7c(-c7ccc8c9ccccc9n(-c9ccccc9)c8c7)c7ccccc67)cccc5c4cc3c2-c2ccccc2)cc1. The number of rotatable bonds is 5. The molecule has 0 amide bonds. The predicted molar refractivity (Wildman–Crippen MR) is 255 cm³/mol. The van der Waals surface area contributed by atoms with Crippen LogP contribution in [-0.2, 0) is 0 Å². The van der Waals surface area contributed by atoms with Crippen molar-refractivity contribution in [3.05, 3.63) is 212 Å². The number of aromatic nitrogens is 1. The molecule has 0 saturated carbocycles. The van der Waals surface area contributed by atoms with E-state index in [2.05, 4.69) is 211 Å². The molecule has 0 bridgehead atoms. The Balaban J connectivity index is 1.06. The van der Waals surface area contributed by atoms with Crippen molar-refractivity contribution < 1.29 is 8.83 Å². The van der Waals surface area contributed by atoms with Gasteiger partial charge in [-0.15, -0.1) is 0 Å². The molecular weight excluding hydrogens is 743 g/mol. The molecule has 61 heavy (non-hydrogen) atoms. The van der Waals surface area contributed by atoms with Gasteiger partial charge in [0, 0.05) is 60.9 Å². The molecule has 0 aliphatic carbocycles. The topological polar surface area (TPSA) is 31.2 Å². The molecule has 3 heteroatoms. The monoisotopic (exact) mass is 777 g/mol. The van der Waals surface area contributed by atoms with Gasteiger partial charge < -0.3 is 13.4 Å². The second kappa shape index (κ2) is 13.2. The Kier molecular flexibility index (Phi) is 7.31. The number of hydrogen-bond donors (Lipinski definition) is 0. The van der Waals surface area contributed by atoms with E-state index in [4.69, 9.17) is 8.83 Å². The van der Waals surface area contributed by atoms with E-state index in [-0.39, 0.29) is 0 Å². The third-order valence-corrected chi connectivity index (χ3v) is 12.6. The summed E-state index contributed by atoms with van der Waals surface area (Å²) in [5, 5.41) is 10.5. The number of hydrogen-bond acceptors (Lipinski definition) is 2. The van der Waals surface area contributed by atoms with Crippen molar-refractivity contribution in [1.29, 1.82) is 0 Å². The molecule has 284 valence electrons. The number of furan rings is 2. The quantitative estimate of drug-likeness (QED) is 0.163. The van der Waals surface area contributed by atoms with Gasteiger partial charge >= 0.3 is 0 Å². The Morgan fingerprint density at radius 3 is 1.56 bits per heavy atom. The molecule has 0 spiro atoms. The lowest BCUT2D eigenvalue weighted by Gasteiger charge is -2.18. The van der Waals surface area contributed by atoms with Crippen molar-refractivity contribution >= 4 is 76.3 Å². The molecule has 13 rings (SSSR count). The van der Waals surface area contributed by atoms with Crippen LogP contribution in [0, 0.1) is 0 Å². The molecule has 0 saturated heterocycles. The third kappa shape index (κ3) is 5.04. The Morgan fingerprint density at radius 2 is 0.852 bits per heavy atom. The van der Waals surface area contributed by atoms with Crippen molar-refractivity contribution in [2.45, 2.75) is 0 Å². The number of nitrogens with zero attached hydrogens (tertiary/aromatic N) is 1. The highest BCUT2D eigenvalue weighted by Crippen LogP contribution is 2.49. The van der Waals surface area contributed by atoms with E-state index in [0.29, 0.717) is 0 Å². The van der Waals surface area contributed by atoms with E-state index in [9.17, 15) is 0 Å². The first-order valence-corrected chi connectivity index (χ1v) is 20.8. The highest BCUT2D eigenvalue weighted by Gasteiger charge is 2.24. The van der Waals surface area contributed by atoms with Crippen LogP contribution < -0.4 is 0 Å². The zero-order valence-corrected chi connectivity index (χ0v) is 33.0. The minimum atomic E-state index is 0.800. The van der Waals surface area contributed by atoms with Gasteiger partial charge in [-0.25, -0.2) is 0 Å². The van der Waals surface area contributed by atoms with E-state index in [1.165, 1.54) is 60.0 Å². The van der Waals surface area contributed by atoms with E-state index in [1.54, 1.807) is 0 Å². The van der Waals surface area contributed by atoms with Gasteiger partial charge in [0.15, 0.2) is 0 Å². The van der Waals surface area contributed by atoms with Crippen LogP contribution in [0.4, 0.5) is 0 Å². The largest absolute Gasteiger partial charge is 0.455 e. The van der Waals surface area contributed by atoms with Crippen molar-refractivity contribution in [1.82, 2.24) is 4.57 Å². The zero-order valence-electron chi connectivity index (χ0n) is 33.0. The Hall–Kier alpha value is -8.14. The predicted octanol–water partition coefficient (Wildman–Crippen LogP) is 16.4. The molecular formula is C58H35NO2. The fourth-order valence-electron chi connectivity index (χ4n) is 9.98. The minimum absolute atomic E-state index is 0.800. The van der Waals surface area contributed by atoms with Gasteiger partial charge in [0.1, 0.15) is 22.5 Å². The molecule has 0 radical (unpaired) electrons. The fourth-order valence-corrected chi connectivity index (χ4v) is 9.98. The van der Waals surface area contributed by atoms with E-state index in [0.717, 1.165) is 66.6 Å². The Morgan fingerprint density at radius 1 is 0.295 bits per heavy atom. The fraction of sp³-hybridized carbons (Fsp3) is 0. The van der Waals surface area contributed by atoms with Gasteiger partial charge in [-0.2, -0.15) is 0 Å². The highest BCUT2D eigenvalue weighted by molar-refractivity contribution is 6.25. The van der Waals surface area contributed by atoms with Crippen LogP contribution in [0.25, 0.3) is 127 Å². The maximum absolute atomic E-state index is 6.99. The van der Waals surface area contributed by atoms with Crippen LogP contribution in [-0.4, -0.2) is 4.57 Å². The average molecular weight is 778 g/mol. The molecule has 10 aromatic carbocycles. The summed E-state index contributed by atoms with van der Waals surface area (Å²) < 4.78 is 16.1. The van der Waals surface area contributed by atoms with E-state index in [1.807, 2.05) is 6.07 Å². The van der Waals surface area contributed by atoms with Crippen molar-refractivity contribution in [2.24, 2.45) is 0 Å². The van der Waals surface area contributed by atoms with E-state index < -0.39 is 0 Å². The second-order valence-corrected chi connectivity index (χ2v) is 15.9. The van der Waals surface area contributed by atoms with Gasteiger partial charge in [0.25, 0.3) is 0 Å². The van der Waals surface area contributed by atoms with Gasteiger partial charge in [-0.05, 0) is 68.6 Å². The van der Waals surface area contributed by atoms with Crippen LogP contribution in [0.1, 0.15) is 0 Å². The molecule has 3 aromatic heterocycles. The Labute approximate surface area is 350 Å². The van der Waals surface area contributed by atoms with Crippen LogP contribution in [0.2, 0.25) is 0 Å². The third-order valence-electron chi connectivity index (χ3n) is 12.6. The van der Waals surface area contributed by atoms with E-state index >= 15 is 0 Å². The summed E-state index contributed by atoms with van der Waals surface area (Å²) in [5.74, 6) is 0.859. The lowest BCUT2D eigenvalue weighted by atomic mass is 9.85. The second-order valence-electron chi connectivity index (χ2n) is 15.9. The first kappa shape index (κ1) is 33.8. The summed E-state index contributed by atoms with van der Waals surface area (Å²) in [5.41, 5.74) is 13.9. The molecule has 0 unspecified atom stereocenters. The molecule has 0 aliphatic heterocycles. The molecule has 13 aromatic rings. The average Bonchev–Trinajstić information content (AvgIpc) is 4.00. The van der Waals surface area contributed by atoms with Crippen LogP contribution in [0.5, 0.6) is 0 Å². The summed E-state index contributed by atoms with van der Waals surface area (Å²) in [4.78, 5) is 0. The molecule has 0 aliphatic rings. The lowest BCUT2D eigenvalue weighted by Crippen LogP contribution is -1.94. The lowest BCUT2D eigenvalue weighted by molar-refractivity contribution is 0.629. The summed E-state index contributed by atoms with van der Waals surface area (Å²) in [6.45, 7) is 0.